The number of allylic oxidation sites excluding steroid dienone is 4. The third kappa shape index (κ3) is 1.44. The molecule has 0 aromatic heterocycles. The average Bonchev–Trinajstić information content (AvgIpc) is 2.06. The Morgan fingerprint density at radius 2 is 1.73 bits per heavy atom. The normalized spacial score (nSPS) is 42.1. The number of rotatable bonds is 0. The minimum Gasteiger partial charge on any atom is -0.0882 e. The molecule has 0 saturated carbocycles. The maximum absolute atomic E-state index is 3.71. The molecule has 2 rings (SSSR count). The van der Waals surface area contributed by atoms with Crippen molar-refractivity contribution in [2.75, 3.05) is 0 Å². The Bertz CT molecular complexity index is 193. The molecule has 2 aliphatic rings. The molecule has 0 fully saturated rings. The fraction of sp³-hybridized carbons (Fsp3) is 0.600. The Morgan fingerprint density at radius 1 is 1.00 bits per heavy atom. The molecule has 0 amide bonds. The lowest BCUT2D eigenvalue weighted by molar-refractivity contribution is 0.325. The van der Waals surface area contributed by atoms with Crippen LogP contribution in [0.4, 0.5) is 0 Å². The maximum Gasteiger partial charge on any atom is 0.0359 e. The smallest absolute Gasteiger partial charge is 0.0359 e. The van der Waals surface area contributed by atoms with Crippen LogP contribution in [-0.4, -0.2) is 4.83 Å². The van der Waals surface area contributed by atoms with E-state index in [2.05, 4.69) is 40.2 Å². The standard InChI is InChI=1S/C10H13Br/c11-10-7-3-5-8-4-1-2-6-9(8)10/h1-3,7-10H,4-6H2. The summed E-state index contributed by atoms with van der Waals surface area (Å²) in [7, 11) is 0. The SMILES string of the molecule is BrC1C=CCC2CC=CCC12. The van der Waals surface area contributed by atoms with Crippen molar-refractivity contribution in [1.82, 2.24) is 0 Å². The molecular weight excluding hydrogens is 200 g/mol. The van der Waals surface area contributed by atoms with E-state index in [1.165, 1.54) is 19.3 Å². The van der Waals surface area contributed by atoms with Gasteiger partial charge in [0.15, 0.2) is 0 Å². The quantitative estimate of drug-likeness (QED) is 0.427. The van der Waals surface area contributed by atoms with Crippen LogP contribution in [0.2, 0.25) is 0 Å². The molecule has 0 heterocycles. The predicted molar refractivity (Wildman–Crippen MR) is 51.8 cm³/mol. The van der Waals surface area contributed by atoms with Crippen molar-refractivity contribution in [3.05, 3.63) is 24.3 Å². The lowest BCUT2D eigenvalue weighted by Crippen LogP contribution is -2.26. The number of fused-ring (bicyclic) bond motifs is 1. The number of alkyl halides is 1. The zero-order valence-electron chi connectivity index (χ0n) is 6.54. The van der Waals surface area contributed by atoms with Crippen LogP contribution >= 0.6 is 15.9 Å². The Kier molecular flexibility index (Phi) is 2.17. The second-order valence-corrected chi connectivity index (χ2v) is 4.53. The molecule has 0 aromatic carbocycles. The fourth-order valence-electron chi connectivity index (χ4n) is 2.08. The van der Waals surface area contributed by atoms with E-state index >= 15 is 0 Å². The van der Waals surface area contributed by atoms with E-state index in [4.69, 9.17) is 0 Å². The van der Waals surface area contributed by atoms with Crippen molar-refractivity contribution in [2.45, 2.75) is 24.1 Å². The fourth-order valence-corrected chi connectivity index (χ4v) is 2.94. The second kappa shape index (κ2) is 3.14. The molecule has 0 aliphatic heterocycles. The Hall–Kier alpha value is -0.0400. The minimum atomic E-state index is 0.631. The van der Waals surface area contributed by atoms with Crippen LogP contribution in [0.3, 0.4) is 0 Å². The van der Waals surface area contributed by atoms with Crippen LogP contribution in [0.1, 0.15) is 19.3 Å². The molecule has 11 heavy (non-hydrogen) atoms. The van der Waals surface area contributed by atoms with Gasteiger partial charge in [0.2, 0.25) is 0 Å². The number of hydrogen-bond donors (Lipinski definition) is 0. The lowest BCUT2D eigenvalue weighted by Gasteiger charge is -2.33. The number of hydrogen-bond acceptors (Lipinski definition) is 0. The van der Waals surface area contributed by atoms with E-state index in [1.54, 1.807) is 0 Å². The monoisotopic (exact) mass is 212 g/mol. The molecular formula is C10H13Br. The molecule has 3 atom stereocenters. The topological polar surface area (TPSA) is 0 Å². The molecule has 0 nitrogen and oxygen atoms in total. The molecule has 0 aromatic rings. The summed E-state index contributed by atoms with van der Waals surface area (Å²) in [5, 5.41) is 0. The van der Waals surface area contributed by atoms with Gasteiger partial charge in [0, 0.05) is 4.83 Å². The van der Waals surface area contributed by atoms with E-state index < -0.39 is 0 Å². The first-order valence-electron chi connectivity index (χ1n) is 4.33. The van der Waals surface area contributed by atoms with Gasteiger partial charge in [0.1, 0.15) is 0 Å². The van der Waals surface area contributed by atoms with Crippen LogP contribution < -0.4 is 0 Å². The van der Waals surface area contributed by atoms with Gasteiger partial charge >= 0.3 is 0 Å². The molecule has 60 valence electrons. The van der Waals surface area contributed by atoms with Crippen molar-refractivity contribution in [1.29, 1.82) is 0 Å². The first kappa shape index (κ1) is 7.60. The van der Waals surface area contributed by atoms with E-state index in [9.17, 15) is 0 Å². The molecule has 0 bridgehead atoms. The van der Waals surface area contributed by atoms with Gasteiger partial charge < -0.3 is 0 Å². The third-order valence-electron chi connectivity index (χ3n) is 2.79. The lowest BCUT2D eigenvalue weighted by atomic mass is 9.76. The van der Waals surface area contributed by atoms with Gasteiger partial charge in [-0.2, -0.15) is 0 Å². The molecule has 0 saturated heterocycles. The summed E-state index contributed by atoms with van der Waals surface area (Å²) in [6.07, 6.45) is 13.1. The van der Waals surface area contributed by atoms with Crippen molar-refractivity contribution in [2.24, 2.45) is 11.8 Å². The van der Waals surface area contributed by atoms with Gasteiger partial charge in [0.05, 0.1) is 0 Å². The van der Waals surface area contributed by atoms with Gasteiger partial charge in [-0.15, -0.1) is 0 Å². The summed E-state index contributed by atoms with van der Waals surface area (Å²) < 4.78 is 0. The summed E-state index contributed by atoms with van der Waals surface area (Å²) in [6, 6.07) is 0. The Balaban J connectivity index is 2.15. The third-order valence-corrected chi connectivity index (χ3v) is 3.77. The van der Waals surface area contributed by atoms with Gasteiger partial charge in [-0.1, -0.05) is 40.2 Å². The van der Waals surface area contributed by atoms with Gasteiger partial charge in [0.25, 0.3) is 0 Å². The molecule has 0 radical (unpaired) electrons. The zero-order valence-corrected chi connectivity index (χ0v) is 8.13. The molecule has 0 spiro atoms. The highest BCUT2D eigenvalue weighted by molar-refractivity contribution is 9.09. The highest BCUT2D eigenvalue weighted by Gasteiger charge is 2.28. The van der Waals surface area contributed by atoms with Crippen LogP contribution in [0.5, 0.6) is 0 Å². The van der Waals surface area contributed by atoms with Crippen molar-refractivity contribution in [3.8, 4) is 0 Å². The minimum absolute atomic E-state index is 0.631. The average molecular weight is 213 g/mol. The van der Waals surface area contributed by atoms with Crippen LogP contribution in [0.15, 0.2) is 24.3 Å². The van der Waals surface area contributed by atoms with E-state index in [0.29, 0.717) is 4.83 Å². The van der Waals surface area contributed by atoms with Crippen molar-refractivity contribution >= 4 is 15.9 Å². The summed E-state index contributed by atoms with van der Waals surface area (Å²) in [4.78, 5) is 0.631. The number of halogens is 1. The van der Waals surface area contributed by atoms with Crippen LogP contribution in [-0.2, 0) is 0 Å². The summed E-state index contributed by atoms with van der Waals surface area (Å²) in [5.41, 5.74) is 0. The van der Waals surface area contributed by atoms with Gasteiger partial charge in [-0.3, -0.25) is 0 Å². The van der Waals surface area contributed by atoms with Crippen molar-refractivity contribution < 1.29 is 0 Å². The van der Waals surface area contributed by atoms with Crippen LogP contribution in [0.25, 0.3) is 0 Å². The largest absolute Gasteiger partial charge is 0.0882 e. The van der Waals surface area contributed by atoms with Crippen LogP contribution in [0, 0.1) is 11.8 Å². The molecule has 3 unspecified atom stereocenters. The van der Waals surface area contributed by atoms with Crippen molar-refractivity contribution in [3.63, 3.8) is 0 Å². The van der Waals surface area contributed by atoms with Gasteiger partial charge in [-0.25, -0.2) is 0 Å². The second-order valence-electron chi connectivity index (χ2n) is 3.48. The van der Waals surface area contributed by atoms with Gasteiger partial charge in [-0.05, 0) is 31.1 Å². The highest BCUT2D eigenvalue weighted by Crippen LogP contribution is 2.37. The zero-order chi connectivity index (χ0) is 7.68. The molecule has 1 heteroatoms. The highest BCUT2D eigenvalue weighted by atomic mass is 79.9. The Labute approximate surface area is 76.5 Å². The first-order chi connectivity index (χ1) is 5.38. The maximum atomic E-state index is 3.71. The van der Waals surface area contributed by atoms with E-state index in [0.717, 1.165) is 11.8 Å². The summed E-state index contributed by atoms with van der Waals surface area (Å²) in [6.45, 7) is 0. The van der Waals surface area contributed by atoms with E-state index in [-0.39, 0.29) is 0 Å². The Morgan fingerprint density at radius 3 is 2.55 bits per heavy atom. The molecule has 2 aliphatic carbocycles. The van der Waals surface area contributed by atoms with E-state index in [1.807, 2.05) is 0 Å². The summed E-state index contributed by atoms with van der Waals surface area (Å²) >= 11 is 3.71. The first-order valence-corrected chi connectivity index (χ1v) is 5.25. The molecule has 0 N–H and O–H groups in total. The summed E-state index contributed by atoms with van der Waals surface area (Å²) in [5.74, 6) is 1.78. The predicted octanol–water partition coefficient (Wildman–Crippen LogP) is 3.29.